The van der Waals surface area contributed by atoms with E-state index in [2.05, 4.69) is 33.0 Å². The Balaban J connectivity index is 1.45. The van der Waals surface area contributed by atoms with Gasteiger partial charge in [0, 0.05) is 17.2 Å². The number of carbonyl (C=O) groups is 3. The van der Waals surface area contributed by atoms with E-state index in [9.17, 15) is 14.4 Å². The smallest absolute Gasteiger partial charge is 0.322 e. The topological polar surface area (TPSA) is 99.8 Å². The number of piperidine rings is 1. The van der Waals surface area contributed by atoms with Gasteiger partial charge in [0.15, 0.2) is 0 Å². The SMILES string of the molecule is COc1ccc([C@H](CNC(=O)c2ccccc2SC[C@@]2(C)NC(=O)NC2=O)N2CCCCC2)cc1. The fourth-order valence-corrected chi connectivity index (χ4v) is 5.62. The van der Waals surface area contributed by atoms with Gasteiger partial charge in [-0.25, -0.2) is 4.79 Å². The van der Waals surface area contributed by atoms with Gasteiger partial charge in [0.1, 0.15) is 11.3 Å². The summed E-state index contributed by atoms with van der Waals surface area (Å²) in [6.45, 7) is 4.18. The van der Waals surface area contributed by atoms with Crippen LogP contribution in [0.25, 0.3) is 0 Å². The minimum absolute atomic E-state index is 0.0706. The molecule has 35 heavy (non-hydrogen) atoms. The zero-order valence-electron chi connectivity index (χ0n) is 20.1. The molecule has 2 aromatic carbocycles. The van der Waals surface area contributed by atoms with Gasteiger partial charge in [0.05, 0.1) is 18.7 Å². The zero-order valence-corrected chi connectivity index (χ0v) is 21.0. The Kier molecular flexibility index (Phi) is 7.97. The van der Waals surface area contributed by atoms with Gasteiger partial charge >= 0.3 is 6.03 Å². The third-order valence-electron chi connectivity index (χ3n) is 6.55. The lowest BCUT2D eigenvalue weighted by Gasteiger charge is -2.35. The van der Waals surface area contributed by atoms with Gasteiger partial charge in [-0.15, -0.1) is 11.8 Å². The lowest BCUT2D eigenvalue weighted by molar-refractivity contribution is -0.122. The standard InChI is InChI=1S/C26H32N4O4S/c1-26(24(32)28-25(33)29-26)17-35-22-9-5-4-8-20(22)23(31)27-16-21(30-14-6-3-7-15-30)18-10-12-19(34-2)13-11-18/h4-5,8-13,21H,3,6-7,14-17H2,1-2H3,(H,27,31)(H2,28,29,32,33)/t21-,26+/m0/s1. The Labute approximate surface area is 210 Å². The summed E-state index contributed by atoms with van der Waals surface area (Å²) in [5.74, 6) is 0.605. The summed E-state index contributed by atoms with van der Waals surface area (Å²) in [4.78, 5) is 40.2. The summed E-state index contributed by atoms with van der Waals surface area (Å²) < 4.78 is 5.31. The van der Waals surface area contributed by atoms with Crippen molar-refractivity contribution < 1.29 is 19.1 Å². The molecule has 0 radical (unpaired) electrons. The predicted octanol–water partition coefficient (Wildman–Crippen LogP) is 3.34. The van der Waals surface area contributed by atoms with Crippen molar-refractivity contribution in [3.8, 4) is 5.75 Å². The first-order valence-corrected chi connectivity index (χ1v) is 12.9. The number of thioether (sulfide) groups is 1. The molecule has 2 aliphatic heterocycles. The monoisotopic (exact) mass is 496 g/mol. The summed E-state index contributed by atoms with van der Waals surface area (Å²) in [5.41, 5.74) is 0.684. The normalized spacial score (nSPS) is 21.2. The van der Waals surface area contributed by atoms with Crippen molar-refractivity contribution >= 4 is 29.6 Å². The van der Waals surface area contributed by atoms with E-state index in [4.69, 9.17) is 4.74 Å². The third-order valence-corrected chi connectivity index (χ3v) is 7.94. The highest BCUT2D eigenvalue weighted by Crippen LogP contribution is 2.29. The molecule has 0 spiro atoms. The van der Waals surface area contributed by atoms with Gasteiger partial charge in [0.2, 0.25) is 0 Å². The molecule has 2 atom stereocenters. The van der Waals surface area contributed by atoms with Crippen LogP contribution in [0.15, 0.2) is 53.4 Å². The number of likely N-dealkylation sites (tertiary alicyclic amines) is 1. The first kappa shape index (κ1) is 25.1. The fraction of sp³-hybridized carbons (Fsp3) is 0.423. The van der Waals surface area contributed by atoms with Crippen molar-refractivity contribution in [2.45, 2.75) is 42.7 Å². The Hall–Kier alpha value is -3.04. The predicted molar refractivity (Wildman–Crippen MR) is 136 cm³/mol. The zero-order chi connectivity index (χ0) is 24.8. The Morgan fingerprint density at radius 1 is 1.11 bits per heavy atom. The molecular formula is C26H32N4O4S. The molecule has 2 aliphatic rings. The van der Waals surface area contributed by atoms with Crippen molar-refractivity contribution in [2.75, 3.05) is 32.5 Å². The minimum Gasteiger partial charge on any atom is -0.497 e. The maximum atomic E-state index is 13.3. The van der Waals surface area contributed by atoms with Crippen LogP contribution in [0.1, 0.15) is 48.1 Å². The van der Waals surface area contributed by atoms with Crippen LogP contribution in [0, 0.1) is 0 Å². The highest BCUT2D eigenvalue weighted by atomic mass is 32.2. The van der Waals surface area contributed by atoms with Gasteiger partial charge in [-0.1, -0.05) is 30.7 Å². The van der Waals surface area contributed by atoms with E-state index in [0.717, 1.165) is 42.1 Å². The number of rotatable bonds is 9. The van der Waals surface area contributed by atoms with Crippen LogP contribution < -0.4 is 20.7 Å². The number of imide groups is 1. The van der Waals surface area contributed by atoms with Crippen LogP contribution >= 0.6 is 11.8 Å². The summed E-state index contributed by atoms with van der Waals surface area (Å²) >= 11 is 1.38. The lowest BCUT2D eigenvalue weighted by atomic mass is 10.0. The summed E-state index contributed by atoms with van der Waals surface area (Å²) in [6, 6.07) is 15.0. The molecule has 4 amide bonds. The minimum atomic E-state index is -1.01. The van der Waals surface area contributed by atoms with Crippen molar-refractivity contribution in [1.29, 1.82) is 0 Å². The first-order valence-electron chi connectivity index (χ1n) is 11.9. The number of amides is 4. The summed E-state index contributed by atoms with van der Waals surface area (Å²) in [7, 11) is 1.65. The lowest BCUT2D eigenvalue weighted by Crippen LogP contribution is -2.46. The van der Waals surface area contributed by atoms with Crippen LogP contribution in [0.2, 0.25) is 0 Å². The molecule has 2 aromatic rings. The van der Waals surface area contributed by atoms with E-state index in [1.165, 1.54) is 18.2 Å². The second kappa shape index (κ2) is 11.1. The molecule has 186 valence electrons. The number of carbonyl (C=O) groups excluding carboxylic acids is 3. The number of nitrogens with zero attached hydrogens (tertiary/aromatic N) is 1. The maximum absolute atomic E-state index is 13.3. The number of nitrogens with one attached hydrogen (secondary N) is 3. The number of ether oxygens (including phenoxy) is 1. The number of methoxy groups -OCH3 is 1. The molecular weight excluding hydrogens is 464 g/mol. The maximum Gasteiger partial charge on any atom is 0.322 e. The number of hydrogen-bond acceptors (Lipinski definition) is 6. The molecule has 2 fully saturated rings. The van der Waals surface area contributed by atoms with Gasteiger partial charge in [-0.3, -0.25) is 19.8 Å². The van der Waals surface area contributed by atoms with Crippen molar-refractivity contribution in [1.82, 2.24) is 20.9 Å². The molecule has 0 unspecified atom stereocenters. The largest absolute Gasteiger partial charge is 0.497 e. The van der Waals surface area contributed by atoms with Crippen LogP contribution in [-0.2, 0) is 4.79 Å². The first-order chi connectivity index (χ1) is 16.9. The van der Waals surface area contributed by atoms with Crippen LogP contribution in [0.3, 0.4) is 0 Å². The molecule has 4 rings (SSSR count). The summed E-state index contributed by atoms with van der Waals surface area (Å²) in [5, 5.41) is 8.08. The molecule has 0 aromatic heterocycles. The van der Waals surface area contributed by atoms with E-state index < -0.39 is 11.6 Å². The fourth-order valence-electron chi connectivity index (χ4n) is 4.48. The third kappa shape index (κ3) is 5.97. The van der Waals surface area contributed by atoms with Crippen molar-refractivity contribution in [3.63, 3.8) is 0 Å². The summed E-state index contributed by atoms with van der Waals surface area (Å²) in [6.07, 6.45) is 3.55. The van der Waals surface area contributed by atoms with E-state index in [-0.39, 0.29) is 17.9 Å². The molecule has 9 heteroatoms. The second-order valence-corrected chi connectivity index (χ2v) is 10.1. The number of benzene rings is 2. The van der Waals surface area contributed by atoms with Gasteiger partial charge in [0.25, 0.3) is 11.8 Å². The number of urea groups is 1. The Bertz CT molecular complexity index is 1070. The van der Waals surface area contributed by atoms with Gasteiger partial charge < -0.3 is 15.4 Å². The average molecular weight is 497 g/mol. The van der Waals surface area contributed by atoms with Crippen molar-refractivity contribution in [2.24, 2.45) is 0 Å². The molecule has 0 aliphatic carbocycles. The highest BCUT2D eigenvalue weighted by Gasteiger charge is 2.42. The Morgan fingerprint density at radius 2 is 1.83 bits per heavy atom. The van der Waals surface area contributed by atoms with E-state index in [1.807, 2.05) is 30.3 Å². The molecule has 0 bridgehead atoms. The quantitative estimate of drug-likeness (QED) is 0.364. The molecule has 0 saturated carbocycles. The second-order valence-electron chi connectivity index (χ2n) is 9.12. The van der Waals surface area contributed by atoms with Crippen LogP contribution in [0.4, 0.5) is 4.79 Å². The van der Waals surface area contributed by atoms with E-state index in [1.54, 1.807) is 20.1 Å². The van der Waals surface area contributed by atoms with Crippen LogP contribution in [0.5, 0.6) is 5.75 Å². The molecule has 8 nitrogen and oxygen atoms in total. The van der Waals surface area contributed by atoms with E-state index in [0.29, 0.717) is 17.9 Å². The highest BCUT2D eigenvalue weighted by molar-refractivity contribution is 7.99. The van der Waals surface area contributed by atoms with Gasteiger partial charge in [-0.2, -0.15) is 0 Å². The Morgan fingerprint density at radius 3 is 2.49 bits per heavy atom. The molecule has 2 saturated heterocycles. The number of hydrogen-bond donors (Lipinski definition) is 3. The van der Waals surface area contributed by atoms with Gasteiger partial charge in [-0.05, 0) is 62.7 Å². The van der Waals surface area contributed by atoms with Crippen molar-refractivity contribution in [3.05, 3.63) is 59.7 Å². The average Bonchev–Trinajstić information content (AvgIpc) is 3.15. The molecule has 3 N–H and O–H groups in total. The van der Waals surface area contributed by atoms with Crippen LogP contribution in [-0.4, -0.2) is 60.8 Å². The van der Waals surface area contributed by atoms with E-state index >= 15 is 0 Å². The molecule has 2 heterocycles.